The highest BCUT2D eigenvalue weighted by Crippen LogP contribution is 2.21. The van der Waals surface area contributed by atoms with E-state index >= 15 is 0 Å². The van der Waals surface area contributed by atoms with Gasteiger partial charge in [-0.2, -0.15) is 0 Å². The van der Waals surface area contributed by atoms with E-state index in [1.165, 1.54) is 0 Å². The fraction of sp³-hybridized carbons (Fsp3) is 0.571. The van der Waals surface area contributed by atoms with Gasteiger partial charge in [0.15, 0.2) is 0 Å². The van der Waals surface area contributed by atoms with Crippen LogP contribution in [0.5, 0.6) is 5.75 Å². The van der Waals surface area contributed by atoms with Gasteiger partial charge in [0.05, 0.1) is 19.3 Å². The summed E-state index contributed by atoms with van der Waals surface area (Å²) in [5, 5.41) is 9.87. The maximum atomic E-state index is 9.87. The minimum absolute atomic E-state index is 0.445. The molecule has 0 radical (unpaired) electrons. The van der Waals surface area contributed by atoms with Crippen LogP contribution in [-0.2, 0) is 4.74 Å². The van der Waals surface area contributed by atoms with Crippen LogP contribution in [0.15, 0.2) is 24.3 Å². The molecule has 1 aromatic rings. The average molecular weight is 254 g/mol. The van der Waals surface area contributed by atoms with E-state index in [0.717, 1.165) is 37.3 Å². The summed E-state index contributed by atoms with van der Waals surface area (Å²) in [4.78, 5) is 0. The van der Waals surface area contributed by atoms with Gasteiger partial charge in [0.2, 0.25) is 0 Å². The largest absolute Gasteiger partial charge is 0.494 e. The first kappa shape index (κ1) is 15.0. The third kappa shape index (κ3) is 5.49. The zero-order valence-electron chi connectivity index (χ0n) is 11.1. The minimum Gasteiger partial charge on any atom is -0.494 e. The van der Waals surface area contributed by atoms with Crippen molar-refractivity contribution in [1.82, 2.24) is 0 Å². The number of unbranched alkanes of at least 4 members (excludes halogenated alkanes) is 1. The van der Waals surface area contributed by atoms with Gasteiger partial charge in [0.1, 0.15) is 5.75 Å². The lowest BCUT2D eigenvalue weighted by atomic mass is 10.1. The van der Waals surface area contributed by atoms with E-state index in [1.807, 2.05) is 24.3 Å². The Morgan fingerprint density at radius 2 is 2.06 bits per heavy atom. The number of rotatable bonds is 9. The molecule has 0 saturated heterocycles. The Bertz CT molecular complexity index is 331. The molecule has 0 aromatic heterocycles. The zero-order chi connectivity index (χ0) is 13.2. The van der Waals surface area contributed by atoms with Crippen LogP contribution in [0.25, 0.3) is 0 Å². The van der Waals surface area contributed by atoms with Crippen molar-refractivity contribution in [3.63, 3.8) is 0 Å². The number of ether oxygens (including phenoxy) is 2. The molecule has 1 unspecified atom stereocenters. The molecule has 0 fully saturated rings. The van der Waals surface area contributed by atoms with Crippen molar-refractivity contribution < 1.29 is 20.3 Å². The standard InChI is InChI=1S/C14H23NO3/c1-17-9-2-3-10-18-13-6-4-5-12(11-13)14(16)7-8-15/h4-6,11,14,16H,2-3,7-10,15H2,1H3/p+1. The van der Waals surface area contributed by atoms with E-state index in [-0.39, 0.29) is 0 Å². The Labute approximate surface area is 109 Å². The summed E-state index contributed by atoms with van der Waals surface area (Å²) in [6, 6.07) is 7.64. The predicted molar refractivity (Wildman–Crippen MR) is 70.4 cm³/mol. The SMILES string of the molecule is COCCCCOc1cccc(C(O)CC[NH3+])c1. The van der Waals surface area contributed by atoms with Crippen molar-refractivity contribution in [2.75, 3.05) is 26.9 Å². The molecule has 0 amide bonds. The molecule has 0 aliphatic heterocycles. The van der Waals surface area contributed by atoms with Crippen molar-refractivity contribution in [3.8, 4) is 5.75 Å². The quantitative estimate of drug-likeness (QED) is 0.650. The van der Waals surface area contributed by atoms with Crippen molar-refractivity contribution in [2.45, 2.75) is 25.4 Å². The lowest BCUT2D eigenvalue weighted by molar-refractivity contribution is -0.371. The van der Waals surface area contributed by atoms with Crippen molar-refractivity contribution in [2.24, 2.45) is 0 Å². The lowest BCUT2D eigenvalue weighted by Gasteiger charge is -2.11. The third-order valence-electron chi connectivity index (χ3n) is 2.73. The lowest BCUT2D eigenvalue weighted by Crippen LogP contribution is -2.50. The van der Waals surface area contributed by atoms with Gasteiger partial charge < -0.3 is 20.3 Å². The smallest absolute Gasteiger partial charge is 0.119 e. The first-order valence-electron chi connectivity index (χ1n) is 6.47. The number of hydrogen-bond donors (Lipinski definition) is 2. The number of benzene rings is 1. The molecule has 1 atom stereocenters. The normalized spacial score (nSPS) is 12.4. The van der Waals surface area contributed by atoms with E-state index < -0.39 is 6.10 Å². The van der Waals surface area contributed by atoms with Crippen molar-refractivity contribution >= 4 is 0 Å². The van der Waals surface area contributed by atoms with Crippen LogP contribution in [0.2, 0.25) is 0 Å². The molecule has 0 heterocycles. The molecule has 0 aliphatic rings. The highest BCUT2D eigenvalue weighted by molar-refractivity contribution is 5.29. The molecule has 4 nitrogen and oxygen atoms in total. The van der Waals surface area contributed by atoms with Gasteiger partial charge in [-0.15, -0.1) is 0 Å². The maximum absolute atomic E-state index is 9.87. The number of hydrogen-bond acceptors (Lipinski definition) is 3. The summed E-state index contributed by atoms with van der Waals surface area (Å²) in [5.74, 6) is 0.813. The van der Waals surface area contributed by atoms with Gasteiger partial charge in [0.25, 0.3) is 0 Å². The Kier molecular flexibility index (Phi) is 7.41. The predicted octanol–water partition coefficient (Wildman–Crippen LogP) is 1.16. The van der Waals surface area contributed by atoms with Crippen LogP contribution in [0.1, 0.15) is 30.9 Å². The van der Waals surface area contributed by atoms with Gasteiger partial charge in [-0.05, 0) is 30.5 Å². The summed E-state index contributed by atoms with van der Waals surface area (Å²) in [5.41, 5.74) is 4.64. The second-order valence-corrected chi connectivity index (χ2v) is 4.28. The molecule has 0 aliphatic carbocycles. The summed E-state index contributed by atoms with van der Waals surface area (Å²) < 4.78 is 10.6. The minimum atomic E-state index is -0.445. The average Bonchev–Trinajstić information content (AvgIpc) is 2.39. The van der Waals surface area contributed by atoms with E-state index in [0.29, 0.717) is 13.0 Å². The highest BCUT2D eigenvalue weighted by Gasteiger charge is 2.08. The Morgan fingerprint density at radius 1 is 1.28 bits per heavy atom. The van der Waals surface area contributed by atoms with Crippen LogP contribution < -0.4 is 10.5 Å². The molecule has 0 saturated carbocycles. The molecule has 1 aromatic carbocycles. The summed E-state index contributed by atoms with van der Waals surface area (Å²) in [6.45, 7) is 2.17. The Balaban J connectivity index is 2.39. The second kappa shape index (κ2) is 8.91. The van der Waals surface area contributed by atoms with E-state index in [2.05, 4.69) is 5.73 Å². The van der Waals surface area contributed by atoms with Crippen molar-refractivity contribution in [1.29, 1.82) is 0 Å². The van der Waals surface area contributed by atoms with Gasteiger partial charge >= 0.3 is 0 Å². The van der Waals surface area contributed by atoms with Gasteiger partial charge in [-0.3, -0.25) is 0 Å². The molecule has 0 spiro atoms. The van der Waals surface area contributed by atoms with Gasteiger partial charge in [-0.25, -0.2) is 0 Å². The monoisotopic (exact) mass is 254 g/mol. The van der Waals surface area contributed by atoms with E-state index in [1.54, 1.807) is 7.11 Å². The fourth-order valence-corrected chi connectivity index (χ4v) is 1.71. The van der Waals surface area contributed by atoms with Crippen molar-refractivity contribution in [3.05, 3.63) is 29.8 Å². The third-order valence-corrected chi connectivity index (χ3v) is 2.73. The molecule has 0 bridgehead atoms. The van der Waals surface area contributed by atoms with Crippen LogP contribution in [0, 0.1) is 0 Å². The number of aliphatic hydroxyl groups excluding tert-OH is 1. The second-order valence-electron chi connectivity index (χ2n) is 4.28. The molecule has 102 valence electrons. The highest BCUT2D eigenvalue weighted by atomic mass is 16.5. The van der Waals surface area contributed by atoms with Gasteiger partial charge in [0, 0.05) is 20.1 Å². The van der Waals surface area contributed by atoms with Crippen LogP contribution >= 0.6 is 0 Å². The fourth-order valence-electron chi connectivity index (χ4n) is 1.71. The van der Waals surface area contributed by atoms with Crippen LogP contribution in [-0.4, -0.2) is 32.0 Å². The summed E-state index contributed by atoms with van der Waals surface area (Å²) in [6.07, 6.45) is 2.21. The van der Waals surface area contributed by atoms with Crippen LogP contribution in [0.3, 0.4) is 0 Å². The van der Waals surface area contributed by atoms with Gasteiger partial charge in [-0.1, -0.05) is 12.1 Å². The molecular weight excluding hydrogens is 230 g/mol. The number of methoxy groups -OCH3 is 1. The topological polar surface area (TPSA) is 66.3 Å². The zero-order valence-corrected chi connectivity index (χ0v) is 11.1. The molecule has 18 heavy (non-hydrogen) atoms. The maximum Gasteiger partial charge on any atom is 0.119 e. The van der Waals surface area contributed by atoms with E-state index in [9.17, 15) is 5.11 Å². The molecule has 4 heteroatoms. The number of aliphatic hydroxyl groups is 1. The Hall–Kier alpha value is -1.10. The summed E-state index contributed by atoms with van der Waals surface area (Å²) in [7, 11) is 1.70. The molecule has 4 N–H and O–H groups in total. The molecule has 1 rings (SSSR count). The molecular formula is C14H24NO3+. The number of quaternary nitrogens is 1. The van der Waals surface area contributed by atoms with Crippen LogP contribution in [0.4, 0.5) is 0 Å². The Morgan fingerprint density at radius 3 is 2.78 bits per heavy atom. The van der Waals surface area contributed by atoms with E-state index in [4.69, 9.17) is 9.47 Å². The first-order valence-corrected chi connectivity index (χ1v) is 6.47. The first-order chi connectivity index (χ1) is 8.77. The summed E-state index contributed by atoms with van der Waals surface area (Å²) >= 11 is 0.